The molecule has 17 heavy (non-hydrogen) atoms. The maximum absolute atomic E-state index is 9.86. The van der Waals surface area contributed by atoms with Gasteiger partial charge in [0, 0.05) is 18.6 Å². The van der Waals surface area contributed by atoms with Crippen LogP contribution in [0.1, 0.15) is 59.3 Å². The molecule has 0 aliphatic heterocycles. The standard InChI is InChI=1S/C14H30N2O/c1-4-16(11-10-13(2,3)17)14(12-15)8-6-5-7-9-14/h17H,4-12,15H2,1-3H3. The zero-order chi connectivity index (χ0) is 12.9. The third kappa shape index (κ3) is 4.23. The van der Waals surface area contributed by atoms with Crippen molar-refractivity contribution >= 4 is 0 Å². The fourth-order valence-electron chi connectivity index (χ4n) is 3.00. The molecule has 1 fully saturated rings. The Morgan fingerprint density at radius 3 is 2.24 bits per heavy atom. The summed E-state index contributed by atoms with van der Waals surface area (Å²) in [7, 11) is 0. The lowest BCUT2D eigenvalue weighted by atomic mass is 9.80. The van der Waals surface area contributed by atoms with Gasteiger partial charge < -0.3 is 10.8 Å². The second-order valence-corrected chi connectivity index (χ2v) is 6.13. The lowest BCUT2D eigenvalue weighted by Gasteiger charge is -2.46. The minimum Gasteiger partial charge on any atom is -0.390 e. The molecule has 1 saturated carbocycles. The Morgan fingerprint density at radius 1 is 1.24 bits per heavy atom. The second kappa shape index (κ2) is 6.17. The van der Waals surface area contributed by atoms with Gasteiger partial charge in [0.1, 0.15) is 0 Å². The first-order valence-corrected chi connectivity index (χ1v) is 7.11. The zero-order valence-electron chi connectivity index (χ0n) is 11.8. The molecule has 0 radical (unpaired) electrons. The summed E-state index contributed by atoms with van der Waals surface area (Å²) < 4.78 is 0. The van der Waals surface area contributed by atoms with Gasteiger partial charge in [-0.3, -0.25) is 4.90 Å². The summed E-state index contributed by atoms with van der Waals surface area (Å²) in [5.74, 6) is 0. The molecule has 0 amide bonds. The summed E-state index contributed by atoms with van der Waals surface area (Å²) >= 11 is 0. The molecule has 0 unspecified atom stereocenters. The Kier molecular flexibility index (Phi) is 5.42. The van der Waals surface area contributed by atoms with Crippen molar-refractivity contribution in [2.45, 2.75) is 70.4 Å². The predicted octanol–water partition coefficient (Wildman–Crippen LogP) is 2.13. The highest BCUT2D eigenvalue weighted by Crippen LogP contribution is 2.33. The van der Waals surface area contributed by atoms with Crippen molar-refractivity contribution in [3.05, 3.63) is 0 Å². The first-order valence-electron chi connectivity index (χ1n) is 7.11. The molecule has 3 N–H and O–H groups in total. The minimum atomic E-state index is -0.572. The molecule has 3 heteroatoms. The van der Waals surface area contributed by atoms with Crippen LogP contribution in [0, 0.1) is 0 Å². The van der Waals surface area contributed by atoms with E-state index >= 15 is 0 Å². The molecule has 0 aromatic carbocycles. The number of likely N-dealkylation sites (N-methyl/N-ethyl adjacent to an activating group) is 1. The van der Waals surface area contributed by atoms with Crippen LogP contribution < -0.4 is 5.73 Å². The van der Waals surface area contributed by atoms with E-state index in [0.29, 0.717) is 0 Å². The number of rotatable bonds is 6. The summed E-state index contributed by atoms with van der Waals surface area (Å²) in [6.45, 7) is 8.72. The molecule has 0 atom stereocenters. The highest BCUT2D eigenvalue weighted by Gasteiger charge is 2.36. The lowest BCUT2D eigenvalue weighted by Crippen LogP contribution is -2.55. The smallest absolute Gasteiger partial charge is 0.0603 e. The van der Waals surface area contributed by atoms with Crippen molar-refractivity contribution in [1.82, 2.24) is 4.90 Å². The number of aliphatic hydroxyl groups is 1. The summed E-state index contributed by atoms with van der Waals surface area (Å²) in [5, 5.41) is 9.86. The molecular formula is C14H30N2O. The van der Waals surface area contributed by atoms with Gasteiger partial charge in [-0.05, 0) is 39.7 Å². The average Bonchev–Trinajstić information content (AvgIpc) is 2.29. The van der Waals surface area contributed by atoms with Crippen molar-refractivity contribution in [3.8, 4) is 0 Å². The van der Waals surface area contributed by atoms with E-state index in [1.54, 1.807) is 0 Å². The largest absolute Gasteiger partial charge is 0.390 e. The van der Waals surface area contributed by atoms with Crippen LogP contribution >= 0.6 is 0 Å². The van der Waals surface area contributed by atoms with E-state index in [-0.39, 0.29) is 5.54 Å². The van der Waals surface area contributed by atoms with Gasteiger partial charge in [0.05, 0.1) is 5.60 Å². The van der Waals surface area contributed by atoms with Gasteiger partial charge >= 0.3 is 0 Å². The van der Waals surface area contributed by atoms with Crippen LogP contribution in [0.2, 0.25) is 0 Å². The molecule has 0 aromatic heterocycles. The van der Waals surface area contributed by atoms with E-state index in [4.69, 9.17) is 5.73 Å². The van der Waals surface area contributed by atoms with Gasteiger partial charge in [0.2, 0.25) is 0 Å². The van der Waals surface area contributed by atoms with Crippen LogP contribution in [-0.2, 0) is 0 Å². The normalized spacial score (nSPS) is 20.8. The van der Waals surface area contributed by atoms with E-state index in [1.165, 1.54) is 32.1 Å². The van der Waals surface area contributed by atoms with Gasteiger partial charge in [-0.1, -0.05) is 26.2 Å². The van der Waals surface area contributed by atoms with Crippen LogP contribution in [0.3, 0.4) is 0 Å². The van der Waals surface area contributed by atoms with Crippen molar-refractivity contribution in [2.75, 3.05) is 19.6 Å². The highest BCUT2D eigenvalue weighted by molar-refractivity contribution is 4.94. The van der Waals surface area contributed by atoms with Gasteiger partial charge in [-0.25, -0.2) is 0 Å². The molecule has 0 bridgehead atoms. The van der Waals surface area contributed by atoms with E-state index in [9.17, 15) is 5.11 Å². The molecule has 1 aliphatic rings. The van der Waals surface area contributed by atoms with E-state index < -0.39 is 5.60 Å². The SMILES string of the molecule is CCN(CCC(C)(C)O)C1(CN)CCCCC1. The lowest BCUT2D eigenvalue weighted by molar-refractivity contribution is 0.0177. The van der Waals surface area contributed by atoms with E-state index in [0.717, 1.165) is 26.1 Å². The fourth-order valence-corrected chi connectivity index (χ4v) is 3.00. The summed E-state index contributed by atoms with van der Waals surface area (Å²) in [6, 6.07) is 0. The zero-order valence-corrected chi connectivity index (χ0v) is 11.8. The van der Waals surface area contributed by atoms with Crippen LogP contribution in [0.15, 0.2) is 0 Å². The molecular weight excluding hydrogens is 212 g/mol. The molecule has 0 saturated heterocycles. The van der Waals surface area contributed by atoms with Crippen LogP contribution in [-0.4, -0.2) is 40.8 Å². The molecule has 0 spiro atoms. The van der Waals surface area contributed by atoms with Gasteiger partial charge in [-0.15, -0.1) is 0 Å². The molecule has 3 nitrogen and oxygen atoms in total. The maximum Gasteiger partial charge on any atom is 0.0603 e. The Labute approximate surface area is 106 Å². The average molecular weight is 242 g/mol. The Hall–Kier alpha value is -0.120. The highest BCUT2D eigenvalue weighted by atomic mass is 16.3. The molecule has 0 aromatic rings. The number of nitrogens with two attached hydrogens (primary N) is 1. The van der Waals surface area contributed by atoms with Gasteiger partial charge in [0.25, 0.3) is 0 Å². The number of hydrogen-bond donors (Lipinski definition) is 2. The molecule has 0 heterocycles. The molecule has 1 rings (SSSR count). The third-order valence-corrected chi connectivity index (χ3v) is 4.21. The third-order valence-electron chi connectivity index (χ3n) is 4.21. The van der Waals surface area contributed by atoms with Crippen LogP contribution in [0.4, 0.5) is 0 Å². The monoisotopic (exact) mass is 242 g/mol. The van der Waals surface area contributed by atoms with Crippen molar-refractivity contribution in [3.63, 3.8) is 0 Å². The summed E-state index contributed by atoms with van der Waals surface area (Å²) in [5.41, 5.74) is 5.68. The van der Waals surface area contributed by atoms with E-state index in [1.807, 2.05) is 13.8 Å². The van der Waals surface area contributed by atoms with Crippen LogP contribution in [0.25, 0.3) is 0 Å². The Balaban J connectivity index is 2.62. The quantitative estimate of drug-likeness (QED) is 0.750. The van der Waals surface area contributed by atoms with Crippen LogP contribution in [0.5, 0.6) is 0 Å². The van der Waals surface area contributed by atoms with Gasteiger partial charge in [-0.2, -0.15) is 0 Å². The van der Waals surface area contributed by atoms with Crippen molar-refractivity contribution < 1.29 is 5.11 Å². The second-order valence-electron chi connectivity index (χ2n) is 6.13. The molecule has 1 aliphatic carbocycles. The van der Waals surface area contributed by atoms with E-state index in [2.05, 4.69) is 11.8 Å². The van der Waals surface area contributed by atoms with Gasteiger partial charge in [0.15, 0.2) is 0 Å². The van der Waals surface area contributed by atoms with Crippen molar-refractivity contribution in [1.29, 1.82) is 0 Å². The Morgan fingerprint density at radius 2 is 1.82 bits per heavy atom. The summed E-state index contributed by atoms with van der Waals surface area (Å²) in [4.78, 5) is 2.50. The topological polar surface area (TPSA) is 49.5 Å². The first kappa shape index (κ1) is 14.9. The summed E-state index contributed by atoms with van der Waals surface area (Å²) in [6.07, 6.45) is 7.23. The number of nitrogens with zero attached hydrogens (tertiary/aromatic N) is 1. The predicted molar refractivity (Wildman–Crippen MR) is 73.0 cm³/mol. The molecule has 102 valence electrons. The first-order chi connectivity index (χ1) is 7.93. The number of hydrogen-bond acceptors (Lipinski definition) is 3. The minimum absolute atomic E-state index is 0.207. The van der Waals surface area contributed by atoms with Crippen molar-refractivity contribution in [2.24, 2.45) is 5.73 Å². The Bertz CT molecular complexity index is 217. The fraction of sp³-hybridized carbons (Fsp3) is 1.00. The maximum atomic E-state index is 9.86.